The molecule has 0 amide bonds. The molecular weight excluding hydrogens is 437 g/mol. The molecule has 4 nitrogen and oxygen atoms in total. The van der Waals surface area contributed by atoms with Crippen LogP contribution in [-0.4, -0.2) is 15.8 Å². The van der Waals surface area contributed by atoms with Crippen LogP contribution in [0.15, 0.2) is 39.6 Å². The summed E-state index contributed by atoms with van der Waals surface area (Å²) >= 11 is 3.32. The number of fused-ring (bicyclic) bond motifs is 3. The zero-order valence-electron chi connectivity index (χ0n) is 15.4. The van der Waals surface area contributed by atoms with Crippen molar-refractivity contribution >= 4 is 43.3 Å². The first kappa shape index (κ1) is 20.7. The molecule has 0 saturated carbocycles. The number of nitrogens with zero attached hydrogens (tertiary/aromatic N) is 1. The number of nitrogens with two attached hydrogens (primary N) is 1. The zero-order valence-corrected chi connectivity index (χ0v) is 17.0. The predicted molar refractivity (Wildman–Crippen MR) is 108 cm³/mol. The second kappa shape index (κ2) is 7.08. The smallest absolute Gasteiger partial charge is 0.399 e. The zero-order chi connectivity index (χ0) is 20.9. The third-order valence-corrected chi connectivity index (χ3v) is 5.60. The molecule has 3 rings (SSSR count). The molecule has 1 aromatic heterocycles. The Morgan fingerprint density at radius 1 is 1.14 bits per heavy atom. The van der Waals surface area contributed by atoms with Gasteiger partial charge in [-0.2, -0.15) is 13.2 Å². The minimum atomic E-state index is -4.85. The molecule has 1 heterocycles. The highest BCUT2D eigenvalue weighted by atomic mass is 79.9. The Hall–Kier alpha value is -2.06. The van der Waals surface area contributed by atoms with Crippen LogP contribution >= 0.6 is 15.9 Å². The average Bonchev–Trinajstić information content (AvgIpc) is 2.60. The Morgan fingerprint density at radius 2 is 1.82 bits per heavy atom. The lowest BCUT2D eigenvalue weighted by atomic mass is 9.92. The molecule has 1 unspecified atom stereocenters. The van der Waals surface area contributed by atoms with Crippen molar-refractivity contribution in [2.24, 2.45) is 0 Å². The molecule has 28 heavy (non-hydrogen) atoms. The highest BCUT2D eigenvalue weighted by molar-refractivity contribution is 9.10. The van der Waals surface area contributed by atoms with Crippen LogP contribution in [0.5, 0.6) is 0 Å². The van der Waals surface area contributed by atoms with E-state index in [1.165, 1.54) is 18.2 Å². The first-order chi connectivity index (χ1) is 13.0. The molecule has 3 N–H and O–H groups in total. The van der Waals surface area contributed by atoms with Gasteiger partial charge in [0.25, 0.3) is 5.56 Å². The first-order valence-electron chi connectivity index (χ1n) is 8.84. The molecule has 0 fully saturated rings. The lowest BCUT2D eigenvalue weighted by molar-refractivity contribution is -0.258. The van der Waals surface area contributed by atoms with Gasteiger partial charge in [-0.3, -0.25) is 4.79 Å². The maximum atomic E-state index is 13.4. The number of benzene rings is 2. The van der Waals surface area contributed by atoms with Crippen molar-refractivity contribution in [3.8, 4) is 0 Å². The molecule has 3 aromatic rings. The van der Waals surface area contributed by atoms with Crippen molar-refractivity contribution in [2.45, 2.75) is 45.0 Å². The van der Waals surface area contributed by atoms with Gasteiger partial charge in [0.2, 0.25) is 0 Å². The lowest BCUT2D eigenvalue weighted by Crippen LogP contribution is -2.39. The van der Waals surface area contributed by atoms with E-state index in [0.717, 1.165) is 12.8 Å². The van der Waals surface area contributed by atoms with Crippen molar-refractivity contribution in [3.05, 3.63) is 50.7 Å². The number of aliphatic hydroxyl groups is 1. The molecule has 0 bridgehead atoms. The summed E-state index contributed by atoms with van der Waals surface area (Å²) in [4.78, 5) is 13.1. The van der Waals surface area contributed by atoms with Gasteiger partial charge in [-0.15, -0.1) is 0 Å². The topological polar surface area (TPSA) is 68.2 Å². The molecule has 0 aliphatic rings. The number of hydrogen-bond donors (Lipinski definition) is 2. The summed E-state index contributed by atoms with van der Waals surface area (Å²) in [6.45, 7) is 3.12. The molecule has 150 valence electrons. The summed E-state index contributed by atoms with van der Waals surface area (Å²) in [5.41, 5.74) is 3.13. The molecular formula is C20H20BrF3N2O2. The fourth-order valence-corrected chi connectivity index (χ4v) is 3.95. The van der Waals surface area contributed by atoms with Crippen LogP contribution < -0.4 is 11.3 Å². The van der Waals surface area contributed by atoms with Crippen LogP contribution in [0.25, 0.3) is 21.7 Å². The summed E-state index contributed by atoms with van der Waals surface area (Å²) in [5, 5.41) is 11.4. The van der Waals surface area contributed by atoms with E-state index in [1.54, 1.807) is 16.7 Å². The molecule has 0 aliphatic carbocycles. The number of nitrogen functional groups attached to an aromatic ring is 1. The minimum absolute atomic E-state index is 0.251. The number of unbranched alkanes of at least 4 members (excludes halogenated alkanes) is 1. The van der Waals surface area contributed by atoms with E-state index in [-0.39, 0.29) is 11.1 Å². The summed E-state index contributed by atoms with van der Waals surface area (Å²) in [5.74, 6) is 0. The van der Waals surface area contributed by atoms with Crippen LogP contribution in [0.1, 0.15) is 32.3 Å². The molecule has 1 atom stereocenters. The Kier molecular flexibility index (Phi) is 5.22. The summed E-state index contributed by atoms with van der Waals surface area (Å²) < 4.78 is 42.0. The quantitative estimate of drug-likeness (QED) is 0.425. The van der Waals surface area contributed by atoms with Crippen molar-refractivity contribution in [2.75, 3.05) is 5.73 Å². The molecule has 2 aromatic carbocycles. The van der Waals surface area contributed by atoms with Crippen molar-refractivity contribution < 1.29 is 18.3 Å². The van der Waals surface area contributed by atoms with E-state index < -0.39 is 11.8 Å². The summed E-state index contributed by atoms with van der Waals surface area (Å²) in [7, 11) is 0. The van der Waals surface area contributed by atoms with E-state index in [2.05, 4.69) is 15.9 Å². The van der Waals surface area contributed by atoms with Gasteiger partial charge in [0, 0.05) is 27.5 Å². The average molecular weight is 457 g/mol. The standard InChI is InChI=1S/C20H20BrF3N2O2/c1-3-4-7-26-17-14(13-6-5-12(25)10-15(13)18(26)27)8-11(9-16(17)21)19(2,28)20(22,23)24/h5-6,8-10,28H,3-4,7,25H2,1-2H3. The van der Waals surface area contributed by atoms with Crippen LogP contribution in [0, 0.1) is 0 Å². The third kappa shape index (κ3) is 3.28. The number of rotatable bonds is 4. The Morgan fingerprint density at radius 3 is 2.43 bits per heavy atom. The number of anilines is 1. The van der Waals surface area contributed by atoms with E-state index in [4.69, 9.17) is 5.73 Å². The van der Waals surface area contributed by atoms with Gasteiger partial charge in [-0.25, -0.2) is 0 Å². The lowest BCUT2D eigenvalue weighted by Gasteiger charge is -2.28. The van der Waals surface area contributed by atoms with E-state index in [1.807, 2.05) is 6.92 Å². The number of alkyl halides is 3. The molecule has 8 heteroatoms. The Bertz CT molecular complexity index is 1120. The normalized spacial score (nSPS) is 14.5. The van der Waals surface area contributed by atoms with Gasteiger partial charge in [-0.05, 0) is 64.5 Å². The van der Waals surface area contributed by atoms with Gasteiger partial charge in [-0.1, -0.05) is 19.4 Å². The first-order valence-corrected chi connectivity index (χ1v) is 9.63. The van der Waals surface area contributed by atoms with Gasteiger partial charge in [0.1, 0.15) is 0 Å². The van der Waals surface area contributed by atoms with Crippen LogP contribution in [0.3, 0.4) is 0 Å². The number of pyridine rings is 1. The molecule has 0 spiro atoms. The number of halogens is 4. The fraction of sp³-hybridized carbons (Fsp3) is 0.350. The van der Waals surface area contributed by atoms with Crippen molar-refractivity contribution in [1.82, 2.24) is 4.57 Å². The largest absolute Gasteiger partial charge is 0.421 e. The Balaban J connectivity index is 2.48. The van der Waals surface area contributed by atoms with Crippen LogP contribution in [-0.2, 0) is 12.1 Å². The maximum absolute atomic E-state index is 13.4. The molecule has 0 radical (unpaired) electrons. The van der Waals surface area contributed by atoms with Gasteiger partial charge >= 0.3 is 6.18 Å². The maximum Gasteiger partial charge on any atom is 0.421 e. The second-order valence-electron chi connectivity index (χ2n) is 7.04. The van der Waals surface area contributed by atoms with Gasteiger partial charge in [0.05, 0.1) is 5.52 Å². The number of aryl methyl sites for hydroxylation is 1. The van der Waals surface area contributed by atoms with E-state index in [0.29, 0.717) is 45.3 Å². The number of aromatic nitrogens is 1. The summed E-state index contributed by atoms with van der Waals surface area (Å²) in [6.07, 6.45) is -3.27. The van der Waals surface area contributed by atoms with E-state index in [9.17, 15) is 23.1 Å². The van der Waals surface area contributed by atoms with Crippen molar-refractivity contribution in [3.63, 3.8) is 0 Å². The van der Waals surface area contributed by atoms with Crippen LogP contribution in [0.2, 0.25) is 0 Å². The second-order valence-corrected chi connectivity index (χ2v) is 7.89. The minimum Gasteiger partial charge on any atom is -0.399 e. The summed E-state index contributed by atoms with van der Waals surface area (Å²) in [6, 6.07) is 7.27. The highest BCUT2D eigenvalue weighted by Gasteiger charge is 2.51. The monoisotopic (exact) mass is 456 g/mol. The number of hydrogen-bond acceptors (Lipinski definition) is 3. The predicted octanol–water partition coefficient (Wildman–Crippen LogP) is 5.07. The third-order valence-electron chi connectivity index (χ3n) is 4.99. The fourth-order valence-electron chi connectivity index (χ4n) is 3.27. The van der Waals surface area contributed by atoms with Crippen molar-refractivity contribution in [1.29, 1.82) is 0 Å². The van der Waals surface area contributed by atoms with Gasteiger partial charge in [0.15, 0.2) is 5.60 Å². The highest BCUT2D eigenvalue weighted by Crippen LogP contribution is 2.42. The van der Waals surface area contributed by atoms with Gasteiger partial charge < -0.3 is 15.4 Å². The molecule has 0 aliphatic heterocycles. The van der Waals surface area contributed by atoms with E-state index >= 15 is 0 Å². The Labute approximate surface area is 167 Å². The van der Waals surface area contributed by atoms with Crippen LogP contribution in [0.4, 0.5) is 18.9 Å². The molecule has 0 saturated heterocycles. The SMILES string of the molecule is CCCCn1c(=O)c2cc(N)ccc2c2cc(C(C)(O)C(F)(F)F)cc(Br)c21.